The van der Waals surface area contributed by atoms with E-state index in [4.69, 9.17) is 14.7 Å². The molecule has 1 heterocycles. The highest BCUT2D eigenvalue weighted by Gasteiger charge is 2.38. The Morgan fingerprint density at radius 1 is 1.19 bits per heavy atom. The van der Waals surface area contributed by atoms with Gasteiger partial charge in [0.15, 0.2) is 11.5 Å². The van der Waals surface area contributed by atoms with Gasteiger partial charge in [0, 0.05) is 31.3 Å². The fraction of sp³-hybridized carbons (Fsp3) is 0.375. The van der Waals surface area contributed by atoms with E-state index in [-0.39, 0.29) is 24.3 Å². The zero-order chi connectivity index (χ0) is 22.5. The molecule has 0 bridgehead atoms. The van der Waals surface area contributed by atoms with Gasteiger partial charge in [0.25, 0.3) is 0 Å². The van der Waals surface area contributed by atoms with Gasteiger partial charge in [-0.2, -0.15) is 5.26 Å². The van der Waals surface area contributed by atoms with E-state index >= 15 is 0 Å². The van der Waals surface area contributed by atoms with Crippen LogP contribution in [0.4, 0.5) is 5.69 Å². The average molecular weight is 421 g/mol. The minimum absolute atomic E-state index is 0.0457. The lowest BCUT2D eigenvalue weighted by atomic mass is 10.0. The van der Waals surface area contributed by atoms with Crippen LogP contribution in [0.2, 0.25) is 0 Å². The molecule has 0 saturated carbocycles. The van der Waals surface area contributed by atoms with Gasteiger partial charge < -0.3 is 19.3 Å². The van der Waals surface area contributed by atoms with Crippen molar-refractivity contribution in [1.82, 2.24) is 4.90 Å². The van der Waals surface area contributed by atoms with E-state index in [1.807, 2.05) is 26.0 Å². The van der Waals surface area contributed by atoms with Gasteiger partial charge in [-0.05, 0) is 43.7 Å². The number of rotatable bonds is 7. The number of amides is 2. The Kier molecular flexibility index (Phi) is 6.81. The minimum Gasteiger partial charge on any atom is -0.493 e. The lowest BCUT2D eigenvalue weighted by Gasteiger charge is -2.30. The van der Waals surface area contributed by atoms with Crippen LogP contribution in [0.25, 0.3) is 0 Å². The van der Waals surface area contributed by atoms with Crippen LogP contribution in [0.3, 0.4) is 0 Å². The van der Waals surface area contributed by atoms with E-state index in [9.17, 15) is 9.59 Å². The molecule has 7 heteroatoms. The number of nitriles is 1. The molecule has 2 aromatic carbocycles. The normalized spacial score (nSPS) is 16.5. The fourth-order valence-corrected chi connectivity index (χ4v) is 3.99. The van der Waals surface area contributed by atoms with Crippen LogP contribution < -0.4 is 14.4 Å². The average Bonchev–Trinajstić information content (AvgIpc) is 3.20. The molecule has 2 amide bonds. The van der Waals surface area contributed by atoms with E-state index in [0.29, 0.717) is 35.8 Å². The SMILES string of the molecule is CCN(C(=O)C1CC(=O)N(c2ccc(OC)c(OC)c2)C1)C(C)c1ccc(C#N)cc1. The summed E-state index contributed by atoms with van der Waals surface area (Å²) in [6.45, 7) is 4.75. The molecule has 1 fully saturated rings. The molecule has 0 aliphatic carbocycles. The smallest absolute Gasteiger partial charge is 0.228 e. The number of methoxy groups -OCH3 is 2. The Morgan fingerprint density at radius 3 is 2.45 bits per heavy atom. The molecule has 1 saturated heterocycles. The molecule has 0 radical (unpaired) electrons. The Balaban J connectivity index is 1.77. The summed E-state index contributed by atoms with van der Waals surface area (Å²) in [5.41, 5.74) is 2.22. The summed E-state index contributed by atoms with van der Waals surface area (Å²) in [7, 11) is 3.10. The van der Waals surface area contributed by atoms with Gasteiger partial charge in [-0.1, -0.05) is 12.1 Å². The zero-order valence-electron chi connectivity index (χ0n) is 18.3. The maximum absolute atomic E-state index is 13.3. The molecule has 3 rings (SSSR count). The fourth-order valence-electron chi connectivity index (χ4n) is 3.99. The number of hydrogen-bond donors (Lipinski definition) is 0. The van der Waals surface area contributed by atoms with Gasteiger partial charge in [-0.25, -0.2) is 0 Å². The highest BCUT2D eigenvalue weighted by molar-refractivity contribution is 6.00. The predicted molar refractivity (Wildman–Crippen MR) is 117 cm³/mol. The van der Waals surface area contributed by atoms with Crippen molar-refractivity contribution in [3.05, 3.63) is 53.6 Å². The maximum Gasteiger partial charge on any atom is 0.228 e. The van der Waals surface area contributed by atoms with E-state index < -0.39 is 5.92 Å². The second-order valence-electron chi connectivity index (χ2n) is 7.48. The summed E-state index contributed by atoms with van der Waals surface area (Å²) < 4.78 is 10.6. The van der Waals surface area contributed by atoms with Crippen molar-refractivity contribution in [3.63, 3.8) is 0 Å². The van der Waals surface area contributed by atoms with Gasteiger partial charge in [0.2, 0.25) is 11.8 Å². The summed E-state index contributed by atoms with van der Waals surface area (Å²) in [4.78, 5) is 29.4. The summed E-state index contributed by atoms with van der Waals surface area (Å²) in [5, 5.41) is 8.99. The van der Waals surface area contributed by atoms with E-state index in [1.54, 1.807) is 54.4 Å². The van der Waals surface area contributed by atoms with Gasteiger partial charge in [0.05, 0.1) is 37.8 Å². The quantitative estimate of drug-likeness (QED) is 0.683. The third-order valence-corrected chi connectivity index (χ3v) is 5.77. The minimum atomic E-state index is -0.415. The van der Waals surface area contributed by atoms with Crippen LogP contribution in [0.1, 0.15) is 37.4 Å². The van der Waals surface area contributed by atoms with Crippen molar-refractivity contribution in [2.45, 2.75) is 26.3 Å². The summed E-state index contributed by atoms with van der Waals surface area (Å²) in [5.74, 6) is 0.566. The largest absolute Gasteiger partial charge is 0.493 e. The first kappa shape index (κ1) is 22.2. The Hall–Kier alpha value is -3.53. The molecule has 162 valence electrons. The molecular weight excluding hydrogens is 394 g/mol. The number of hydrogen-bond acceptors (Lipinski definition) is 5. The van der Waals surface area contributed by atoms with Gasteiger partial charge >= 0.3 is 0 Å². The second-order valence-corrected chi connectivity index (χ2v) is 7.48. The number of ether oxygens (including phenoxy) is 2. The van der Waals surface area contributed by atoms with Crippen molar-refractivity contribution in [3.8, 4) is 17.6 Å². The molecule has 0 N–H and O–H groups in total. The molecule has 2 unspecified atom stereocenters. The standard InChI is InChI=1S/C24H27N3O4/c1-5-26(16(2)18-8-6-17(14-25)7-9-18)24(29)19-12-23(28)27(15-19)20-10-11-21(30-3)22(13-20)31-4/h6-11,13,16,19H,5,12,15H2,1-4H3. The van der Waals surface area contributed by atoms with Crippen LogP contribution in [0, 0.1) is 17.2 Å². The Labute approximate surface area is 182 Å². The van der Waals surface area contributed by atoms with Crippen LogP contribution >= 0.6 is 0 Å². The molecule has 31 heavy (non-hydrogen) atoms. The van der Waals surface area contributed by atoms with E-state index in [1.165, 1.54) is 0 Å². The monoisotopic (exact) mass is 421 g/mol. The maximum atomic E-state index is 13.3. The summed E-state index contributed by atoms with van der Waals surface area (Å²) in [6.07, 6.45) is 0.170. The van der Waals surface area contributed by atoms with Gasteiger partial charge in [-0.15, -0.1) is 0 Å². The van der Waals surface area contributed by atoms with E-state index in [2.05, 4.69) is 6.07 Å². The van der Waals surface area contributed by atoms with E-state index in [0.717, 1.165) is 5.56 Å². The molecule has 1 aliphatic rings. The molecule has 1 aliphatic heterocycles. The lowest BCUT2D eigenvalue weighted by Crippen LogP contribution is -2.39. The second kappa shape index (κ2) is 9.52. The molecule has 2 aromatic rings. The van der Waals surface area contributed by atoms with Crippen molar-refractivity contribution in [2.24, 2.45) is 5.92 Å². The lowest BCUT2D eigenvalue weighted by molar-refractivity contribution is -0.137. The zero-order valence-corrected chi connectivity index (χ0v) is 18.3. The predicted octanol–water partition coefficient (Wildman–Crippen LogP) is 3.54. The van der Waals surface area contributed by atoms with Crippen LogP contribution in [-0.2, 0) is 9.59 Å². The molecule has 0 spiro atoms. The van der Waals surface area contributed by atoms with Crippen LogP contribution in [-0.4, -0.2) is 44.0 Å². The first-order valence-corrected chi connectivity index (χ1v) is 10.3. The van der Waals surface area contributed by atoms with Crippen molar-refractivity contribution in [2.75, 3.05) is 32.2 Å². The summed E-state index contributed by atoms with van der Waals surface area (Å²) >= 11 is 0. The Morgan fingerprint density at radius 2 is 1.87 bits per heavy atom. The molecule has 2 atom stereocenters. The molecule has 7 nitrogen and oxygen atoms in total. The first-order valence-electron chi connectivity index (χ1n) is 10.3. The van der Waals surface area contributed by atoms with Crippen molar-refractivity contribution in [1.29, 1.82) is 5.26 Å². The third kappa shape index (κ3) is 4.48. The molecular formula is C24H27N3O4. The molecule has 0 aromatic heterocycles. The van der Waals surface area contributed by atoms with Crippen molar-refractivity contribution < 1.29 is 19.1 Å². The third-order valence-electron chi connectivity index (χ3n) is 5.77. The number of nitrogens with zero attached hydrogens (tertiary/aromatic N) is 3. The topological polar surface area (TPSA) is 82.9 Å². The first-order chi connectivity index (χ1) is 14.9. The number of carbonyl (C=O) groups excluding carboxylic acids is 2. The van der Waals surface area contributed by atoms with Gasteiger partial charge in [-0.3, -0.25) is 9.59 Å². The number of benzene rings is 2. The van der Waals surface area contributed by atoms with Crippen LogP contribution in [0.15, 0.2) is 42.5 Å². The summed E-state index contributed by atoms with van der Waals surface area (Å²) in [6, 6.07) is 14.5. The van der Waals surface area contributed by atoms with Gasteiger partial charge in [0.1, 0.15) is 0 Å². The highest BCUT2D eigenvalue weighted by atomic mass is 16.5. The van der Waals surface area contributed by atoms with Crippen molar-refractivity contribution >= 4 is 17.5 Å². The number of carbonyl (C=O) groups is 2. The number of anilines is 1. The van der Waals surface area contributed by atoms with Crippen LogP contribution in [0.5, 0.6) is 11.5 Å². The Bertz CT molecular complexity index is 997. The highest BCUT2D eigenvalue weighted by Crippen LogP contribution is 2.35.